The summed E-state index contributed by atoms with van der Waals surface area (Å²) in [6.45, 7) is 4.71. The fourth-order valence-electron chi connectivity index (χ4n) is 4.15. The van der Waals surface area contributed by atoms with Crippen LogP contribution < -0.4 is 10.1 Å². The second-order valence-electron chi connectivity index (χ2n) is 10.5. The molecule has 0 unspecified atom stereocenters. The number of aliphatic imine (C=N–C) groups is 1. The highest BCUT2D eigenvalue weighted by Gasteiger charge is 2.53. The van der Waals surface area contributed by atoms with Crippen LogP contribution in [-0.2, 0) is 19.1 Å². The fourth-order valence-corrected chi connectivity index (χ4v) is 4.42. The molecule has 1 aliphatic heterocycles. The first kappa shape index (κ1) is 31.5. The minimum atomic E-state index is -1.61. The summed E-state index contributed by atoms with van der Waals surface area (Å²) < 4.78 is 18.3. The minimum Gasteiger partial charge on any atom is -0.494 e. The number of rotatable bonds is 13. The Hall–Kier alpha value is -2.99. The molecule has 0 spiro atoms. The number of aliphatic hydroxyl groups excluding tert-OH is 3. The van der Waals surface area contributed by atoms with Crippen LogP contribution >= 0.6 is 15.9 Å². The van der Waals surface area contributed by atoms with Crippen molar-refractivity contribution < 1.29 is 39.1 Å². The Balaban J connectivity index is 2.04. The molecule has 2 aromatic rings. The lowest BCUT2D eigenvalue weighted by molar-refractivity contribution is -0.155. The van der Waals surface area contributed by atoms with Crippen LogP contribution in [0.2, 0.25) is 0 Å². The molecule has 0 bridgehead atoms. The summed E-state index contributed by atoms with van der Waals surface area (Å²) in [5.74, 6) is -0.305. The van der Waals surface area contributed by atoms with Gasteiger partial charge in [0, 0.05) is 29.5 Å². The number of esters is 1. The first-order chi connectivity index (χ1) is 19.0. The number of ether oxygens (including phenoxy) is 3. The Morgan fingerprint density at radius 1 is 1.07 bits per heavy atom. The number of carbonyl (C=O) groups excluding carboxylic acids is 2. The van der Waals surface area contributed by atoms with E-state index in [1.807, 2.05) is 12.1 Å². The number of nitrogens with zero attached hydrogens (tertiary/aromatic N) is 1. The number of hydrogen-bond donors (Lipinski definition) is 4. The van der Waals surface area contributed by atoms with Gasteiger partial charge in [-0.05, 0) is 69.2 Å². The third-order valence-corrected chi connectivity index (χ3v) is 6.64. The smallest absolute Gasteiger partial charge is 0.306 e. The molecule has 0 aromatic heterocycles. The summed E-state index contributed by atoms with van der Waals surface area (Å²) in [6, 6.07) is 13.3. The van der Waals surface area contributed by atoms with Gasteiger partial charge in [-0.3, -0.25) is 9.59 Å². The van der Waals surface area contributed by atoms with E-state index in [1.165, 1.54) is 0 Å². The van der Waals surface area contributed by atoms with Gasteiger partial charge in [-0.2, -0.15) is 0 Å². The summed E-state index contributed by atoms with van der Waals surface area (Å²) in [4.78, 5) is 31.4. The molecule has 0 radical (unpaired) electrons. The zero-order chi connectivity index (χ0) is 29.3. The van der Waals surface area contributed by atoms with Gasteiger partial charge in [0.1, 0.15) is 11.4 Å². The molecule has 0 saturated carbocycles. The van der Waals surface area contributed by atoms with E-state index in [2.05, 4.69) is 21.2 Å². The van der Waals surface area contributed by atoms with E-state index < -0.39 is 48.4 Å². The van der Waals surface area contributed by atoms with Crippen LogP contribution in [0.5, 0.6) is 5.75 Å². The van der Waals surface area contributed by atoms with Crippen LogP contribution in [0.4, 0.5) is 0 Å². The van der Waals surface area contributed by atoms with Gasteiger partial charge in [0.15, 0.2) is 11.6 Å². The Morgan fingerprint density at radius 2 is 1.73 bits per heavy atom. The van der Waals surface area contributed by atoms with Crippen molar-refractivity contribution in [2.75, 3.05) is 26.4 Å². The lowest BCUT2D eigenvalue weighted by Crippen LogP contribution is -2.53. The number of carbonyl (C=O) groups is 2. The molecule has 40 heavy (non-hydrogen) atoms. The molecular weight excluding hydrogens is 584 g/mol. The summed E-state index contributed by atoms with van der Waals surface area (Å²) in [5, 5.41) is 30.9. The van der Waals surface area contributed by atoms with E-state index in [0.717, 1.165) is 4.47 Å². The van der Waals surface area contributed by atoms with Gasteiger partial charge >= 0.3 is 5.97 Å². The summed E-state index contributed by atoms with van der Waals surface area (Å²) >= 11 is 3.43. The average Bonchev–Trinajstić information content (AvgIpc) is 3.31. The quantitative estimate of drug-likeness (QED) is 0.197. The summed E-state index contributed by atoms with van der Waals surface area (Å²) in [7, 11) is 0. The highest BCUT2D eigenvalue weighted by molar-refractivity contribution is 9.10. The van der Waals surface area contributed by atoms with Crippen LogP contribution in [0.25, 0.3) is 0 Å². The predicted octanol–water partition coefficient (Wildman–Crippen LogP) is 3.06. The van der Waals surface area contributed by atoms with Gasteiger partial charge in [0.2, 0.25) is 5.90 Å². The molecule has 0 aliphatic carbocycles. The second kappa shape index (κ2) is 14.1. The predicted molar refractivity (Wildman–Crippen MR) is 152 cm³/mol. The zero-order valence-corrected chi connectivity index (χ0v) is 24.5. The van der Waals surface area contributed by atoms with Gasteiger partial charge < -0.3 is 34.8 Å². The summed E-state index contributed by atoms with van der Waals surface area (Å²) in [5.41, 5.74) is -1.09. The Labute approximate surface area is 242 Å². The number of nitrogens with one attached hydrogen (secondary N) is 1. The molecule has 0 fully saturated rings. The topological polar surface area (TPSA) is 147 Å². The van der Waals surface area contributed by atoms with E-state index in [9.17, 15) is 19.8 Å². The van der Waals surface area contributed by atoms with Crippen molar-refractivity contribution in [2.45, 2.75) is 63.3 Å². The molecule has 4 N–H and O–H groups in total. The van der Waals surface area contributed by atoms with Crippen LogP contribution in [0, 0.1) is 0 Å². The summed E-state index contributed by atoms with van der Waals surface area (Å²) in [6.07, 6.45) is -0.594. The Morgan fingerprint density at radius 3 is 2.30 bits per heavy atom. The number of hydrogen-bond acceptors (Lipinski definition) is 9. The normalized spacial score (nSPS) is 18.7. The number of benzene rings is 2. The third-order valence-electron chi connectivity index (χ3n) is 6.11. The van der Waals surface area contributed by atoms with E-state index >= 15 is 0 Å². The zero-order valence-electron chi connectivity index (χ0n) is 22.9. The van der Waals surface area contributed by atoms with E-state index in [1.54, 1.807) is 57.2 Å². The van der Waals surface area contributed by atoms with Crippen molar-refractivity contribution in [3.63, 3.8) is 0 Å². The molecule has 2 aromatic carbocycles. The molecule has 11 heteroatoms. The maximum absolute atomic E-state index is 13.9. The van der Waals surface area contributed by atoms with Crippen molar-refractivity contribution in [1.82, 2.24) is 5.32 Å². The maximum Gasteiger partial charge on any atom is 0.306 e. The van der Waals surface area contributed by atoms with Crippen molar-refractivity contribution in [3.05, 3.63) is 64.1 Å². The lowest BCUT2D eigenvalue weighted by Gasteiger charge is -2.32. The monoisotopic (exact) mass is 620 g/mol. The average molecular weight is 622 g/mol. The van der Waals surface area contributed by atoms with Crippen molar-refractivity contribution >= 4 is 33.7 Å². The molecule has 218 valence electrons. The van der Waals surface area contributed by atoms with Crippen LogP contribution in [0.1, 0.15) is 57.3 Å². The molecule has 10 nitrogen and oxygen atoms in total. The number of halogens is 1. The molecular formula is C29H37BrN2O8. The Kier molecular flexibility index (Phi) is 11.1. The molecule has 1 aliphatic rings. The maximum atomic E-state index is 13.9. The van der Waals surface area contributed by atoms with Crippen LogP contribution in [0.15, 0.2) is 58.0 Å². The third kappa shape index (κ3) is 8.26. The van der Waals surface area contributed by atoms with E-state index in [-0.39, 0.29) is 25.3 Å². The standard InChI is InChI=1S/C29H37BrN2O8/c1-28(2,3)40-24(36)13-14-29(27(37)31-22(17-34)18-35)25(19-5-9-21(30)10-6-19)39-26(32-29)20-7-11-23(12-8-20)38-16-4-15-33/h5-12,22,25,33-35H,4,13-18H2,1-3H3,(H,31,37)/t25-,29-/m1/s1. The minimum absolute atomic E-state index is 0.0288. The highest BCUT2D eigenvalue weighted by Crippen LogP contribution is 2.43. The number of aliphatic hydroxyl groups is 3. The Bertz CT molecular complexity index is 1160. The van der Waals surface area contributed by atoms with Gasteiger partial charge in [0.05, 0.1) is 25.9 Å². The van der Waals surface area contributed by atoms with Gasteiger partial charge in [-0.1, -0.05) is 28.1 Å². The first-order valence-electron chi connectivity index (χ1n) is 13.1. The van der Waals surface area contributed by atoms with Crippen molar-refractivity contribution in [3.8, 4) is 5.75 Å². The second-order valence-corrected chi connectivity index (χ2v) is 11.4. The van der Waals surface area contributed by atoms with Crippen LogP contribution in [-0.4, -0.2) is 76.7 Å². The lowest BCUT2D eigenvalue weighted by atomic mass is 9.83. The van der Waals surface area contributed by atoms with E-state index in [0.29, 0.717) is 29.9 Å². The van der Waals surface area contributed by atoms with E-state index in [4.69, 9.17) is 24.3 Å². The largest absolute Gasteiger partial charge is 0.494 e. The molecule has 0 saturated heterocycles. The SMILES string of the molecule is CC(C)(C)OC(=O)CC[C@@]1(C(=O)NC(CO)CO)N=C(c2ccc(OCCCO)cc2)O[C@@H]1c1ccc(Br)cc1. The fraction of sp³-hybridized carbons (Fsp3) is 0.483. The van der Waals surface area contributed by atoms with Gasteiger partial charge in [-0.25, -0.2) is 4.99 Å². The van der Waals surface area contributed by atoms with Gasteiger partial charge in [-0.15, -0.1) is 0 Å². The molecule has 1 amide bonds. The van der Waals surface area contributed by atoms with Gasteiger partial charge in [0.25, 0.3) is 5.91 Å². The molecule has 1 heterocycles. The molecule has 2 atom stereocenters. The highest BCUT2D eigenvalue weighted by atomic mass is 79.9. The van der Waals surface area contributed by atoms with Crippen molar-refractivity contribution in [2.24, 2.45) is 4.99 Å². The molecule has 3 rings (SSSR count). The first-order valence-corrected chi connectivity index (χ1v) is 13.9. The van der Waals surface area contributed by atoms with Crippen LogP contribution in [0.3, 0.4) is 0 Å². The van der Waals surface area contributed by atoms with Crippen molar-refractivity contribution in [1.29, 1.82) is 0 Å². The number of amides is 1.